The number of morpholine rings is 1. The summed E-state index contributed by atoms with van der Waals surface area (Å²) in [5, 5.41) is 3.17. The van der Waals surface area contributed by atoms with Crippen LogP contribution in [0.25, 0.3) is 0 Å². The Hall–Kier alpha value is -1.69. The van der Waals surface area contributed by atoms with Crippen LogP contribution in [-0.2, 0) is 4.74 Å². The smallest absolute Gasteiger partial charge is 0.274 e. The van der Waals surface area contributed by atoms with Gasteiger partial charge in [-0.1, -0.05) is 13.8 Å². The molecule has 1 aliphatic rings. The molecule has 0 spiro atoms. The Labute approximate surface area is 113 Å². The first-order valence-corrected chi connectivity index (χ1v) is 6.60. The molecule has 0 bridgehead atoms. The van der Waals surface area contributed by atoms with Crippen molar-refractivity contribution in [1.29, 1.82) is 0 Å². The van der Waals surface area contributed by atoms with Crippen LogP contribution in [0, 0.1) is 5.92 Å². The largest absolute Gasteiger partial charge is 0.378 e. The minimum absolute atomic E-state index is 0.0776. The molecule has 1 aromatic rings. The first-order chi connectivity index (χ1) is 9.16. The standard InChI is InChI=1S/C13H20N4O2/c1-10(2)7-15-12-9-14-11(8-16-12)13(18)17-3-5-19-6-4-17/h8-10H,3-7H2,1-2H3,(H,15,16). The van der Waals surface area contributed by atoms with Crippen LogP contribution in [0.5, 0.6) is 0 Å². The third-order valence-corrected chi connectivity index (χ3v) is 2.86. The number of nitrogens with one attached hydrogen (secondary N) is 1. The lowest BCUT2D eigenvalue weighted by Crippen LogP contribution is -2.41. The molecule has 19 heavy (non-hydrogen) atoms. The van der Waals surface area contributed by atoms with Crippen molar-refractivity contribution in [1.82, 2.24) is 14.9 Å². The summed E-state index contributed by atoms with van der Waals surface area (Å²) in [7, 11) is 0. The molecule has 1 N–H and O–H groups in total. The molecule has 6 heteroatoms. The Kier molecular flexibility index (Phi) is 4.68. The Bertz CT molecular complexity index is 413. The quantitative estimate of drug-likeness (QED) is 0.879. The average molecular weight is 264 g/mol. The third kappa shape index (κ3) is 3.89. The van der Waals surface area contributed by atoms with E-state index in [9.17, 15) is 4.79 Å². The Morgan fingerprint density at radius 3 is 2.68 bits per heavy atom. The number of hydrogen-bond acceptors (Lipinski definition) is 5. The van der Waals surface area contributed by atoms with Gasteiger partial charge in [0.25, 0.3) is 5.91 Å². The number of rotatable bonds is 4. The van der Waals surface area contributed by atoms with E-state index in [4.69, 9.17) is 4.74 Å². The van der Waals surface area contributed by atoms with Crippen LogP contribution < -0.4 is 5.32 Å². The van der Waals surface area contributed by atoms with Crippen molar-refractivity contribution in [2.75, 3.05) is 38.2 Å². The van der Waals surface area contributed by atoms with Crippen molar-refractivity contribution >= 4 is 11.7 Å². The summed E-state index contributed by atoms with van der Waals surface area (Å²) in [5.74, 6) is 1.16. The number of anilines is 1. The number of carbonyl (C=O) groups excluding carboxylic acids is 1. The van der Waals surface area contributed by atoms with Gasteiger partial charge in [0.1, 0.15) is 11.5 Å². The van der Waals surface area contributed by atoms with E-state index in [-0.39, 0.29) is 5.91 Å². The highest BCUT2D eigenvalue weighted by atomic mass is 16.5. The number of aromatic nitrogens is 2. The zero-order valence-corrected chi connectivity index (χ0v) is 11.4. The second kappa shape index (κ2) is 6.47. The minimum Gasteiger partial charge on any atom is -0.378 e. The van der Waals surface area contributed by atoms with E-state index >= 15 is 0 Å². The normalized spacial score (nSPS) is 15.6. The maximum Gasteiger partial charge on any atom is 0.274 e. The summed E-state index contributed by atoms with van der Waals surface area (Å²) < 4.78 is 5.22. The fourth-order valence-corrected chi connectivity index (χ4v) is 1.77. The molecular formula is C13H20N4O2. The molecule has 1 aliphatic heterocycles. The average Bonchev–Trinajstić information content (AvgIpc) is 2.46. The lowest BCUT2D eigenvalue weighted by atomic mass is 10.2. The molecule has 0 saturated carbocycles. The molecule has 104 valence electrons. The van der Waals surface area contributed by atoms with Gasteiger partial charge in [-0.05, 0) is 5.92 Å². The van der Waals surface area contributed by atoms with Crippen LogP contribution in [0.15, 0.2) is 12.4 Å². The number of ether oxygens (including phenoxy) is 1. The molecule has 2 heterocycles. The molecule has 0 unspecified atom stereocenters. The van der Waals surface area contributed by atoms with Gasteiger partial charge in [0, 0.05) is 19.6 Å². The second-order valence-corrected chi connectivity index (χ2v) is 4.97. The fraction of sp³-hybridized carbons (Fsp3) is 0.615. The van der Waals surface area contributed by atoms with Crippen LogP contribution in [0.2, 0.25) is 0 Å². The van der Waals surface area contributed by atoms with Crippen molar-refractivity contribution in [3.05, 3.63) is 18.1 Å². The first-order valence-electron chi connectivity index (χ1n) is 6.60. The summed E-state index contributed by atoms with van der Waals surface area (Å²) >= 11 is 0. The number of carbonyl (C=O) groups is 1. The predicted molar refractivity (Wildman–Crippen MR) is 72.1 cm³/mol. The van der Waals surface area contributed by atoms with Crippen LogP contribution in [0.1, 0.15) is 24.3 Å². The molecule has 1 aromatic heterocycles. The molecule has 0 radical (unpaired) electrons. The SMILES string of the molecule is CC(C)CNc1cnc(C(=O)N2CCOCC2)cn1. The predicted octanol–water partition coefficient (Wildman–Crippen LogP) is 1.02. The second-order valence-electron chi connectivity index (χ2n) is 4.97. The van der Waals surface area contributed by atoms with Crippen molar-refractivity contribution in [2.45, 2.75) is 13.8 Å². The summed E-state index contributed by atoms with van der Waals surface area (Å²) in [6.07, 6.45) is 3.14. The number of nitrogens with zero attached hydrogens (tertiary/aromatic N) is 3. The van der Waals surface area contributed by atoms with Crippen LogP contribution in [-0.4, -0.2) is 53.6 Å². The van der Waals surface area contributed by atoms with Crippen molar-refractivity contribution in [2.24, 2.45) is 5.92 Å². The topological polar surface area (TPSA) is 67.4 Å². The Morgan fingerprint density at radius 2 is 2.11 bits per heavy atom. The molecule has 1 fully saturated rings. The summed E-state index contributed by atoms with van der Waals surface area (Å²) in [5.41, 5.74) is 0.386. The monoisotopic (exact) mass is 264 g/mol. The molecule has 0 atom stereocenters. The van der Waals surface area contributed by atoms with E-state index in [0.717, 1.165) is 6.54 Å². The third-order valence-electron chi connectivity index (χ3n) is 2.86. The van der Waals surface area contributed by atoms with Gasteiger partial charge in [0.15, 0.2) is 0 Å². The van der Waals surface area contributed by atoms with E-state index in [1.807, 2.05) is 0 Å². The van der Waals surface area contributed by atoms with E-state index in [0.29, 0.717) is 43.7 Å². The maximum atomic E-state index is 12.1. The van der Waals surface area contributed by atoms with Gasteiger partial charge >= 0.3 is 0 Å². The van der Waals surface area contributed by atoms with Gasteiger partial charge in [-0.2, -0.15) is 0 Å². The molecule has 1 saturated heterocycles. The molecule has 2 rings (SSSR count). The highest BCUT2D eigenvalue weighted by molar-refractivity contribution is 5.92. The molecular weight excluding hydrogens is 244 g/mol. The summed E-state index contributed by atoms with van der Waals surface area (Å²) in [4.78, 5) is 22.3. The van der Waals surface area contributed by atoms with Crippen molar-refractivity contribution in [3.8, 4) is 0 Å². The number of hydrogen-bond donors (Lipinski definition) is 1. The van der Waals surface area contributed by atoms with Gasteiger partial charge in [0.05, 0.1) is 25.6 Å². The highest BCUT2D eigenvalue weighted by Crippen LogP contribution is 2.07. The minimum atomic E-state index is -0.0776. The fourth-order valence-electron chi connectivity index (χ4n) is 1.77. The van der Waals surface area contributed by atoms with E-state index in [2.05, 4.69) is 29.1 Å². The van der Waals surface area contributed by atoms with Gasteiger partial charge in [0.2, 0.25) is 0 Å². The lowest BCUT2D eigenvalue weighted by molar-refractivity contribution is 0.0298. The molecule has 6 nitrogen and oxygen atoms in total. The summed E-state index contributed by atoms with van der Waals surface area (Å²) in [6.45, 7) is 7.50. The molecule has 1 amide bonds. The highest BCUT2D eigenvalue weighted by Gasteiger charge is 2.19. The molecule has 0 aromatic carbocycles. The Morgan fingerprint density at radius 1 is 1.37 bits per heavy atom. The van der Waals surface area contributed by atoms with Crippen LogP contribution in [0.3, 0.4) is 0 Å². The zero-order chi connectivity index (χ0) is 13.7. The van der Waals surface area contributed by atoms with E-state index in [1.165, 1.54) is 6.20 Å². The van der Waals surface area contributed by atoms with Gasteiger partial charge in [-0.3, -0.25) is 4.79 Å². The van der Waals surface area contributed by atoms with Crippen LogP contribution in [0.4, 0.5) is 5.82 Å². The van der Waals surface area contributed by atoms with Crippen molar-refractivity contribution < 1.29 is 9.53 Å². The van der Waals surface area contributed by atoms with Crippen molar-refractivity contribution in [3.63, 3.8) is 0 Å². The van der Waals surface area contributed by atoms with Gasteiger partial charge < -0.3 is 15.0 Å². The zero-order valence-electron chi connectivity index (χ0n) is 11.4. The van der Waals surface area contributed by atoms with Gasteiger partial charge in [-0.25, -0.2) is 9.97 Å². The van der Waals surface area contributed by atoms with Crippen LogP contribution >= 0.6 is 0 Å². The molecule has 0 aliphatic carbocycles. The van der Waals surface area contributed by atoms with E-state index < -0.39 is 0 Å². The number of amides is 1. The maximum absolute atomic E-state index is 12.1. The summed E-state index contributed by atoms with van der Waals surface area (Å²) in [6, 6.07) is 0. The Balaban J connectivity index is 1.95. The first kappa shape index (κ1) is 13.7. The lowest BCUT2D eigenvalue weighted by Gasteiger charge is -2.26. The van der Waals surface area contributed by atoms with Gasteiger partial charge in [-0.15, -0.1) is 0 Å². The van der Waals surface area contributed by atoms with E-state index in [1.54, 1.807) is 11.1 Å².